The molecule has 1 aliphatic rings. The van der Waals surface area contributed by atoms with Gasteiger partial charge >= 0.3 is 0 Å². The largest absolute Gasteiger partial charge is 0.290 e. The predicted molar refractivity (Wildman–Crippen MR) is 69.3 cm³/mol. The second-order valence-corrected chi connectivity index (χ2v) is 5.70. The second kappa shape index (κ2) is 4.40. The Kier molecular flexibility index (Phi) is 3.57. The number of rotatable bonds is 2. The average molecular weight is 218 g/mol. The summed E-state index contributed by atoms with van der Waals surface area (Å²) in [5.74, 6) is 0.172. The summed E-state index contributed by atoms with van der Waals surface area (Å²) in [6.07, 6.45) is 4.86. The molecule has 0 spiro atoms. The molecule has 88 valence electrons. The third kappa shape index (κ3) is 2.72. The highest BCUT2D eigenvalue weighted by Gasteiger charge is 2.31. The van der Waals surface area contributed by atoms with E-state index in [9.17, 15) is 4.79 Å². The molecular formula is C15H22O. The topological polar surface area (TPSA) is 17.1 Å². The van der Waals surface area contributed by atoms with Crippen molar-refractivity contribution in [3.63, 3.8) is 0 Å². The molecule has 0 amide bonds. The highest BCUT2D eigenvalue weighted by Crippen LogP contribution is 2.40. The van der Waals surface area contributed by atoms with Crippen LogP contribution in [-0.4, -0.2) is 5.78 Å². The Morgan fingerprint density at radius 2 is 1.88 bits per heavy atom. The van der Waals surface area contributed by atoms with Crippen LogP contribution in [0.15, 0.2) is 34.4 Å². The summed E-state index contributed by atoms with van der Waals surface area (Å²) in [7, 11) is 0. The summed E-state index contributed by atoms with van der Waals surface area (Å²) >= 11 is 0. The first-order valence-electron chi connectivity index (χ1n) is 5.82. The van der Waals surface area contributed by atoms with E-state index in [1.807, 2.05) is 20.8 Å². The zero-order chi connectivity index (χ0) is 12.5. The molecule has 0 fully saturated rings. The van der Waals surface area contributed by atoms with Crippen LogP contribution in [0, 0.1) is 5.41 Å². The maximum atomic E-state index is 12.2. The number of carbonyl (C=O) groups is 1. The van der Waals surface area contributed by atoms with Crippen LogP contribution in [0.1, 0.15) is 48.0 Å². The van der Waals surface area contributed by atoms with Gasteiger partial charge in [0, 0.05) is 5.57 Å². The van der Waals surface area contributed by atoms with E-state index < -0.39 is 0 Å². The van der Waals surface area contributed by atoms with Gasteiger partial charge in [-0.1, -0.05) is 31.1 Å². The molecular weight excluding hydrogens is 196 g/mol. The molecule has 0 radical (unpaired) electrons. The van der Waals surface area contributed by atoms with Crippen LogP contribution >= 0.6 is 0 Å². The molecule has 0 atom stereocenters. The van der Waals surface area contributed by atoms with Gasteiger partial charge in [0.1, 0.15) is 0 Å². The van der Waals surface area contributed by atoms with E-state index >= 15 is 0 Å². The van der Waals surface area contributed by atoms with Crippen LogP contribution in [0.4, 0.5) is 0 Å². The van der Waals surface area contributed by atoms with E-state index in [1.54, 1.807) is 6.08 Å². The van der Waals surface area contributed by atoms with Gasteiger partial charge in [0.25, 0.3) is 0 Å². The van der Waals surface area contributed by atoms with Gasteiger partial charge in [0.15, 0.2) is 5.78 Å². The molecule has 0 aromatic heterocycles. The highest BCUT2D eigenvalue weighted by molar-refractivity contribution is 6.06. The Balaban J connectivity index is 3.23. The van der Waals surface area contributed by atoms with E-state index in [0.29, 0.717) is 0 Å². The molecule has 1 aliphatic carbocycles. The molecule has 0 N–H and O–H groups in total. The number of allylic oxidation sites excluding steroid dienone is 6. The van der Waals surface area contributed by atoms with Crippen LogP contribution in [0.2, 0.25) is 0 Å². The molecule has 0 aromatic carbocycles. The lowest BCUT2D eigenvalue weighted by Crippen LogP contribution is -2.24. The fourth-order valence-corrected chi connectivity index (χ4v) is 2.67. The van der Waals surface area contributed by atoms with E-state index in [-0.39, 0.29) is 11.2 Å². The Hall–Kier alpha value is -1.11. The van der Waals surface area contributed by atoms with Crippen molar-refractivity contribution in [2.45, 2.75) is 48.0 Å². The maximum absolute atomic E-state index is 12.2. The first-order valence-corrected chi connectivity index (χ1v) is 5.82. The molecule has 1 rings (SSSR count). The fourth-order valence-electron chi connectivity index (χ4n) is 2.67. The minimum Gasteiger partial charge on any atom is -0.290 e. The smallest absolute Gasteiger partial charge is 0.182 e. The van der Waals surface area contributed by atoms with Crippen LogP contribution in [0.5, 0.6) is 0 Å². The second-order valence-electron chi connectivity index (χ2n) is 5.70. The Labute approximate surface area is 98.9 Å². The van der Waals surface area contributed by atoms with E-state index in [4.69, 9.17) is 0 Å². The van der Waals surface area contributed by atoms with Crippen molar-refractivity contribution in [1.82, 2.24) is 0 Å². The SMILES string of the molecule is CC(C)=CC(=O)C1=C(C)C=C(C)CC1(C)C. The van der Waals surface area contributed by atoms with Gasteiger partial charge < -0.3 is 0 Å². The van der Waals surface area contributed by atoms with Crippen molar-refractivity contribution in [3.05, 3.63) is 34.4 Å². The first-order chi connectivity index (χ1) is 7.24. The Morgan fingerprint density at radius 3 is 2.31 bits per heavy atom. The highest BCUT2D eigenvalue weighted by atomic mass is 16.1. The third-order valence-corrected chi connectivity index (χ3v) is 2.92. The molecule has 0 aliphatic heterocycles. The zero-order valence-electron chi connectivity index (χ0n) is 11.3. The zero-order valence-corrected chi connectivity index (χ0v) is 11.3. The summed E-state index contributed by atoms with van der Waals surface area (Å²) in [6.45, 7) is 12.4. The molecule has 1 nitrogen and oxygen atoms in total. The molecule has 0 saturated carbocycles. The molecule has 0 bridgehead atoms. The molecule has 16 heavy (non-hydrogen) atoms. The van der Waals surface area contributed by atoms with Gasteiger partial charge in [0.05, 0.1) is 0 Å². The monoisotopic (exact) mass is 218 g/mol. The van der Waals surface area contributed by atoms with Crippen LogP contribution < -0.4 is 0 Å². The molecule has 0 unspecified atom stereocenters. The van der Waals surface area contributed by atoms with E-state index in [1.165, 1.54) is 5.57 Å². The number of hydrogen-bond acceptors (Lipinski definition) is 1. The fraction of sp³-hybridized carbons (Fsp3) is 0.533. The molecule has 0 heterocycles. The third-order valence-electron chi connectivity index (χ3n) is 2.92. The van der Waals surface area contributed by atoms with Gasteiger partial charge in [-0.25, -0.2) is 0 Å². The number of ketones is 1. The lowest BCUT2D eigenvalue weighted by Gasteiger charge is -2.32. The first kappa shape index (κ1) is 13.0. The van der Waals surface area contributed by atoms with E-state index in [0.717, 1.165) is 23.1 Å². The van der Waals surface area contributed by atoms with Crippen LogP contribution in [0.25, 0.3) is 0 Å². The van der Waals surface area contributed by atoms with Crippen molar-refractivity contribution in [2.24, 2.45) is 5.41 Å². The summed E-state index contributed by atoms with van der Waals surface area (Å²) in [6, 6.07) is 0. The molecule has 1 heteroatoms. The van der Waals surface area contributed by atoms with Gasteiger partial charge in [-0.15, -0.1) is 0 Å². The van der Waals surface area contributed by atoms with Crippen molar-refractivity contribution in [3.8, 4) is 0 Å². The summed E-state index contributed by atoms with van der Waals surface area (Å²) in [5, 5.41) is 0. The standard InChI is InChI=1S/C15H22O/c1-10(2)7-13(16)14-12(4)8-11(3)9-15(14,5)6/h7-8H,9H2,1-6H3. The van der Waals surface area contributed by atoms with Crippen molar-refractivity contribution in [1.29, 1.82) is 0 Å². The summed E-state index contributed by atoms with van der Waals surface area (Å²) in [5.41, 5.74) is 4.48. The Morgan fingerprint density at radius 1 is 1.31 bits per heavy atom. The minimum atomic E-state index is -0.0358. The number of carbonyl (C=O) groups excluding carboxylic acids is 1. The molecule has 0 saturated heterocycles. The van der Waals surface area contributed by atoms with Crippen molar-refractivity contribution >= 4 is 5.78 Å². The van der Waals surface area contributed by atoms with Gasteiger partial charge in [-0.3, -0.25) is 4.79 Å². The van der Waals surface area contributed by atoms with Gasteiger partial charge in [-0.2, -0.15) is 0 Å². The quantitative estimate of drug-likeness (QED) is 0.634. The van der Waals surface area contributed by atoms with Gasteiger partial charge in [0.2, 0.25) is 0 Å². The average Bonchev–Trinajstić information content (AvgIpc) is 1.96. The van der Waals surface area contributed by atoms with Crippen LogP contribution in [0.3, 0.4) is 0 Å². The van der Waals surface area contributed by atoms with Crippen molar-refractivity contribution in [2.75, 3.05) is 0 Å². The molecule has 0 aromatic rings. The van der Waals surface area contributed by atoms with E-state index in [2.05, 4.69) is 26.8 Å². The normalized spacial score (nSPS) is 19.2. The van der Waals surface area contributed by atoms with Crippen molar-refractivity contribution < 1.29 is 4.79 Å². The minimum absolute atomic E-state index is 0.0358. The maximum Gasteiger partial charge on any atom is 0.182 e. The lowest BCUT2D eigenvalue weighted by molar-refractivity contribution is -0.112. The van der Waals surface area contributed by atoms with Gasteiger partial charge in [-0.05, 0) is 51.2 Å². The summed E-state index contributed by atoms with van der Waals surface area (Å²) in [4.78, 5) is 12.2. The predicted octanol–water partition coefficient (Wildman–Crippen LogP) is 4.21. The lowest BCUT2D eigenvalue weighted by atomic mass is 9.71. The number of hydrogen-bond donors (Lipinski definition) is 0. The van der Waals surface area contributed by atoms with Crippen LogP contribution in [-0.2, 0) is 4.79 Å². The summed E-state index contributed by atoms with van der Waals surface area (Å²) < 4.78 is 0. The Bertz CT molecular complexity index is 399.